The van der Waals surface area contributed by atoms with Gasteiger partial charge in [-0.15, -0.1) is 0 Å². The maximum atomic E-state index is 13.1. The average Bonchev–Trinajstić information content (AvgIpc) is 2.58. The van der Waals surface area contributed by atoms with Gasteiger partial charge in [-0.1, -0.05) is 36.4 Å². The number of benzene rings is 3. The Bertz CT molecular complexity index is 929. The van der Waals surface area contributed by atoms with Gasteiger partial charge < -0.3 is 5.32 Å². The molecule has 0 radical (unpaired) electrons. The van der Waals surface area contributed by atoms with Gasteiger partial charge in [-0.25, -0.2) is 8.78 Å². The summed E-state index contributed by atoms with van der Waals surface area (Å²) in [4.78, 5) is 12.0. The second-order valence-corrected chi connectivity index (χ2v) is 5.87. The number of rotatable bonds is 4. The predicted molar refractivity (Wildman–Crippen MR) is 95.9 cm³/mol. The lowest BCUT2D eigenvalue weighted by Crippen LogP contribution is -2.24. The maximum absolute atomic E-state index is 13.1. The summed E-state index contributed by atoms with van der Waals surface area (Å²) >= 11 is 0. The first-order chi connectivity index (χ1) is 12.0. The Morgan fingerprint density at radius 2 is 1.64 bits per heavy atom. The fourth-order valence-electron chi connectivity index (χ4n) is 2.67. The highest BCUT2D eigenvalue weighted by atomic mass is 19.1. The number of halogens is 2. The third kappa shape index (κ3) is 4.29. The van der Waals surface area contributed by atoms with Crippen molar-refractivity contribution in [2.24, 2.45) is 0 Å². The van der Waals surface area contributed by atoms with E-state index in [4.69, 9.17) is 0 Å². The van der Waals surface area contributed by atoms with Gasteiger partial charge in [-0.3, -0.25) is 4.79 Å². The van der Waals surface area contributed by atoms with Gasteiger partial charge in [-0.05, 0) is 53.1 Å². The minimum absolute atomic E-state index is 0.189. The van der Waals surface area contributed by atoms with E-state index in [2.05, 4.69) is 5.32 Å². The summed E-state index contributed by atoms with van der Waals surface area (Å²) in [6, 6.07) is 17.0. The number of carbonyl (C=O) groups excluding carboxylic acids is 1. The Morgan fingerprint density at radius 1 is 0.960 bits per heavy atom. The van der Waals surface area contributed by atoms with E-state index in [9.17, 15) is 13.6 Å². The molecular weight excluding hydrogens is 320 g/mol. The summed E-state index contributed by atoms with van der Waals surface area (Å²) in [6.45, 7) is 1.89. The third-order valence-corrected chi connectivity index (χ3v) is 3.94. The fourth-order valence-corrected chi connectivity index (χ4v) is 2.67. The average molecular weight is 337 g/mol. The first-order valence-corrected chi connectivity index (χ1v) is 7.94. The third-order valence-electron chi connectivity index (χ3n) is 3.94. The van der Waals surface area contributed by atoms with E-state index in [0.717, 1.165) is 22.4 Å². The maximum Gasteiger partial charge on any atom is 0.244 e. The van der Waals surface area contributed by atoms with Crippen LogP contribution in [-0.2, 0) is 4.79 Å². The molecule has 4 heteroatoms. The van der Waals surface area contributed by atoms with E-state index in [0.29, 0.717) is 5.56 Å². The topological polar surface area (TPSA) is 29.1 Å². The number of fused-ring (bicyclic) bond motifs is 1. The Morgan fingerprint density at radius 3 is 2.36 bits per heavy atom. The van der Waals surface area contributed by atoms with Crippen LogP contribution in [0.3, 0.4) is 0 Å². The lowest BCUT2D eigenvalue weighted by atomic mass is 10.0. The van der Waals surface area contributed by atoms with Gasteiger partial charge in [0.15, 0.2) is 0 Å². The molecule has 0 spiro atoms. The molecule has 0 aromatic heterocycles. The zero-order valence-electron chi connectivity index (χ0n) is 13.7. The number of hydrogen-bond donors (Lipinski definition) is 1. The van der Waals surface area contributed by atoms with E-state index in [1.54, 1.807) is 0 Å². The molecule has 3 aromatic carbocycles. The molecule has 25 heavy (non-hydrogen) atoms. The molecule has 0 aliphatic rings. The molecule has 0 saturated heterocycles. The van der Waals surface area contributed by atoms with Crippen molar-refractivity contribution in [1.82, 2.24) is 5.32 Å². The molecule has 0 bridgehead atoms. The summed E-state index contributed by atoms with van der Waals surface area (Å²) in [7, 11) is 0. The van der Waals surface area contributed by atoms with Crippen molar-refractivity contribution in [1.29, 1.82) is 0 Å². The van der Waals surface area contributed by atoms with E-state index < -0.39 is 11.6 Å². The van der Waals surface area contributed by atoms with Crippen molar-refractivity contribution < 1.29 is 13.6 Å². The Labute approximate surface area is 144 Å². The standard InChI is InChI=1S/C21H17F2NO/c1-14(17-8-7-16-4-2-3-5-18(16)12-17)24-21(25)9-6-15-10-19(22)13-20(23)11-15/h2-14H,1H3,(H,24,25). The zero-order chi connectivity index (χ0) is 17.8. The summed E-state index contributed by atoms with van der Waals surface area (Å²) in [5.74, 6) is -1.68. The first kappa shape index (κ1) is 16.8. The highest BCUT2D eigenvalue weighted by molar-refractivity contribution is 5.92. The summed E-state index contributed by atoms with van der Waals surface area (Å²) in [5.41, 5.74) is 1.28. The molecule has 1 amide bonds. The molecule has 1 atom stereocenters. The van der Waals surface area contributed by atoms with E-state index in [1.807, 2.05) is 49.4 Å². The smallest absolute Gasteiger partial charge is 0.244 e. The number of carbonyl (C=O) groups is 1. The minimum atomic E-state index is -0.676. The number of amides is 1. The summed E-state index contributed by atoms with van der Waals surface area (Å²) < 4.78 is 26.3. The highest BCUT2D eigenvalue weighted by Crippen LogP contribution is 2.20. The molecule has 0 heterocycles. The Kier molecular flexibility index (Phi) is 4.89. The largest absolute Gasteiger partial charge is 0.346 e. The van der Waals surface area contributed by atoms with Crippen molar-refractivity contribution in [2.75, 3.05) is 0 Å². The van der Waals surface area contributed by atoms with Crippen LogP contribution in [0.25, 0.3) is 16.8 Å². The highest BCUT2D eigenvalue weighted by Gasteiger charge is 2.08. The molecule has 0 aliphatic carbocycles. The first-order valence-electron chi connectivity index (χ1n) is 7.94. The normalized spacial score (nSPS) is 12.4. The van der Waals surface area contributed by atoms with Crippen LogP contribution >= 0.6 is 0 Å². The number of hydrogen-bond acceptors (Lipinski definition) is 1. The van der Waals surface area contributed by atoms with Gasteiger partial charge in [0.05, 0.1) is 6.04 Å². The van der Waals surface area contributed by atoms with Crippen LogP contribution in [0.2, 0.25) is 0 Å². The molecule has 1 N–H and O–H groups in total. The molecule has 0 fully saturated rings. The van der Waals surface area contributed by atoms with Crippen LogP contribution in [0.4, 0.5) is 8.78 Å². The fraction of sp³-hybridized carbons (Fsp3) is 0.0952. The summed E-state index contributed by atoms with van der Waals surface area (Å²) in [6.07, 6.45) is 2.65. The number of nitrogens with one attached hydrogen (secondary N) is 1. The molecule has 0 aliphatic heterocycles. The van der Waals surface area contributed by atoms with Gasteiger partial charge in [0.2, 0.25) is 5.91 Å². The molecular formula is C21H17F2NO. The molecule has 1 unspecified atom stereocenters. The van der Waals surface area contributed by atoms with Crippen LogP contribution in [0.15, 0.2) is 66.7 Å². The molecule has 0 saturated carbocycles. The lowest BCUT2D eigenvalue weighted by molar-refractivity contribution is -0.117. The monoisotopic (exact) mass is 337 g/mol. The van der Waals surface area contributed by atoms with E-state index >= 15 is 0 Å². The SMILES string of the molecule is CC(NC(=O)C=Cc1cc(F)cc(F)c1)c1ccc2ccccc2c1. The predicted octanol–water partition coefficient (Wildman–Crippen LogP) is 5.01. The van der Waals surface area contributed by atoms with Gasteiger partial charge >= 0.3 is 0 Å². The molecule has 2 nitrogen and oxygen atoms in total. The van der Waals surface area contributed by atoms with Gasteiger partial charge in [0, 0.05) is 12.1 Å². The van der Waals surface area contributed by atoms with Gasteiger partial charge in [-0.2, -0.15) is 0 Å². The van der Waals surface area contributed by atoms with Crippen molar-refractivity contribution in [2.45, 2.75) is 13.0 Å². The second kappa shape index (κ2) is 7.26. The van der Waals surface area contributed by atoms with Crippen LogP contribution < -0.4 is 5.32 Å². The molecule has 3 rings (SSSR count). The molecule has 126 valence electrons. The quantitative estimate of drug-likeness (QED) is 0.666. The Hall–Kier alpha value is -3.01. The van der Waals surface area contributed by atoms with Crippen LogP contribution in [0.1, 0.15) is 24.1 Å². The van der Waals surface area contributed by atoms with Gasteiger partial charge in [0.1, 0.15) is 11.6 Å². The Balaban J connectivity index is 1.69. The van der Waals surface area contributed by atoms with Gasteiger partial charge in [0.25, 0.3) is 0 Å². The lowest BCUT2D eigenvalue weighted by Gasteiger charge is -2.13. The van der Waals surface area contributed by atoms with Crippen molar-refractivity contribution in [3.05, 3.63) is 89.5 Å². The molecule has 3 aromatic rings. The van der Waals surface area contributed by atoms with Crippen LogP contribution in [0.5, 0.6) is 0 Å². The van der Waals surface area contributed by atoms with Crippen LogP contribution in [-0.4, -0.2) is 5.91 Å². The minimum Gasteiger partial charge on any atom is -0.346 e. The van der Waals surface area contributed by atoms with E-state index in [-0.39, 0.29) is 11.9 Å². The zero-order valence-corrected chi connectivity index (χ0v) is 13.7. The van der Waals surface area contributed by atoms with Crippen LogP contribution in [0, 0.1) is 11.6 Å². The second-order valence-electron chi connectivity index (χ2n) is 5.87. The van der Waals surface area contributed by atoms with Crippen molar-refractivity contribution >= 4 is 22.8 Å². The summed E-state index contributed by atoms with van der Waals surface area (Å²) in [5, 5.41) is 5.09. The van der Waals surface area contributed by atoms with E-state index in [1.165, 1.54) is 24.3 Å². The van der Waals surface area contributed by atoms with Crippen molar-refractivity contribution in [3.8, 4) is 0 Å². The van der Waals surface area contributed by atoms with Crippen molar-refractivity contribution in [3.63, 3.8) is 0 Å².